The maximum Gasteiger partial charge on any atom is 0.453 e. The zero-order valence-electron chi connectivity index (χ0n) is 5.62. The van der Waals surface area contributed by atoms with Crippen LogP contribution in [0.2, 0.25) is 0 Å². The lowest BCUT2D eigenvalue weighted by molar-refractivity contribution is -0.284. The Balaban J connectivity index is 4.14. The topological polar surface area (TPSA) is 37.0 Å². The first-order chi connectivity index (χ1) is 5.17. The lowest BCUT2D eigenvalue weighted by atomic mass is 10.2. The van der Waals surface area contributed by atoms with Crippen molar-refractivity contribution in [3.63, 3.8) is 0 Å². The van der Waals surface area contributed by atoms with Gasteiger partial charge in [-0.25, -0.2) is 9.90 Å². The van der Waals surface area contributed by atoms with Crippen LogP contribution in [0.4, 0.5) is 22.0 Å². The average molecular weight is 191 g/mol. The van der Waals surface area contributed by atoms with Gasteiger partial charge in [0.1, 0.15) is 0 Å². The van der Waals surface area contributed by atoms with Crippen LogP contribution in [0.3, 0.4) is 0 Å². The van der Waals surface area contributed by atoms with Crippen molar-refractivity contribution in [2.75, 3.05) is 0 Å². The number of halogens is 5. The van der Waals surface area contributed by atoms with E-state index in [-0.39, 0.29) is 0 Å². The second-order valence-corrected chi connectivity index (χ2v) is 2.07. The van der Waals surface area contributed by atoms with Crippen molar-refractivity contribution < 1.29 is 31.9 Å². The van der Waals surface area contributed by atoms with Crippen molar-refractivity contribution in [2.45, 2.75) is 24.9 Å². The molecule has 0 amide bonds. The summed E-state index contributed by atoms with van der Waals surface area (Å²) in [5, 5.41) is 9.56. The molecule has 7 heteroatoms. The van der Waals surface area contributed by atoms with Gasteiger partial charge >= 0.3 is 18.1 Å². The molecule has 0 rings (SSSR count). The first-order valence-corrected chi connectivity index (χ1v) is 2.81. The van der Waals surface area contributed by atoms with E-state index in [0.717, 1.165) is 0 Å². The van der Waals surface area contributed by atoms with Crippen LogP contribution in [0.15, 0.2) is 0 Å². The summed E-state index contributed by atoms with van der Waals surface area (Å²) in [6.45, 7) is 0. The standard InChI is InChI=1S/C5H4F5O2/c6-4(7,5(8,9)10)2-1-3(11)12/h1-2H2. The largest absolute Gasteiger partial charge is 0.453 e. The van der Waals surface area contributed by atoms with Crippen molar-refractivity contribution in [1.82, 2.24) is 0 Å². The van der Waals surface area contributed by atoms with Crippen LogP contribution in [0.25, 0.3) is 0 Å². The SMILES string of the molecule is [O]C(=O)CCC(F)(F)C(F)(F)F. The van der Waals surface area contributed by atoms with Crippen molar-refractivity contribution in [2.24, 2.45) is 0 Å². The molecule has 2 nitrogen and oxygen atoms in total. The maximum absolute atomic E-state index is 11.9. The van der Waals surface area contributed by atoms with Gasteiger partial charge in [-0.3, -0.25) is 0 Å². The van der Waals surface area contributed by atoms with Crippen molar-refractivity contribution in [1.29, 1.82) is 0 Å². The highest BCUT2D eigenvalue weighted by Crippen LogP contribution is 2.38. The normalized spacial score (nSPS) is 13.1. The fourth-order valence-electron chi connectivity index (χ4n) is 0.401. The number of carbonyl (C=O) groups excluding carboxylic acids is 1. The van der Waals surface area contributed by atoms with Gasteiger partial charge in [-0.05, 0) is 0 Å². The van der Waals surface area contributed by atoms with E-state index in [1.807, 2.05) is 0 Å². The highest BCUT2D eigenvalue weighted by molar-refractivity contribution is 5.66. The molecule has 0 N–H and O–H groups in total. The molecule has 0 aliphatic rings. The van der Waals surface area contributed by atoms with Crippen LogP contribution in [0.5, 0.6) is 0 Å². The molecule has 0 aromatic heterocycles. The quantitative estimate of drug-likeness (QED) is 0.628. The fourth-order valence-corrected chi connectivity index (χ4v) is 0.401. The lowest BCUT2D eigenvalue weighted by Crippen LogP contribution is -2.36. The zero-order chi connectivity index (χ0) is 9.99. The number of carbonyl (C=O) groups is 1. The summed E-state index contributed by atoms with van der Waals surface area (Å²) in [5.41, 5.74) is 0. The first kappa shape index (κ1) is 11.1. The molecular weight excluding hydrogens is 187 g/mol. The molecule has 0 aromatic rings. The Morgan fingerprint density at radius 2 is 1.50 bits per heavy atom. The monoisotopic (exact) mass is 191 g/mol. The first-order valence-electron chi connectivity index (χ1n) is 2.81. The summed E-state index contributed by atoms with van der Waals surface area (Å²) in [5.74, 6) is -6.88. The predicted octanol–water partition coefficient (Wildman–Crippen LogP) is 1.92. The molecule has 0 atom stereocenters. The Morgan fingerprint density at radius 3 is 1.75 bits per heavy atom. The fraction of sp³-hybridized carbons (Fsp3) is 0.800. The molecule has 0 fully saturated rings. The molecule has 0 unspecified atom stereocenters. The van der Waals surface area contributed by atoms with E-state index in [0.29, 0.717) is 0 Å². The summed E-state index contributed by atoms with van der Waals surface area (Å²) in [6, 6.07) is 0. The highest BCUT2D eigenvalue weighted by Gasteiger charge is 2.56. The minimum atomic E-state index is -5.69. The third-order valence-electron chi connectivity index (χ3n) is 1.06. The second kappa shape index (κ2) is 3.24. The minimum Gasteiger partial charge on any atom is -0.247 e. The molecule has 1 radical (unpaired) electrons. The molecule has 0 aromatic carbocycles. The van der Waals surface area contributed by atoms with Crippen LogP contribution in [0, 0.1) is 0 Å². The molecule has 0 aliphatic carbocycles. The molecule has 0 bridgehead atoms. The van der Waals surface area contributed by atoms with Gasteiger partial charge in [0.25, 0.3) is 0 Å². The van der Waals surface area contributed by atoms with E-state index < -0.39 is 30.9 Å². The molecule has 0 heterocycles. The number of alkyl halides is 5. The summed E-state index contributed by atoms with van der Waals surface area (Å²) in [4.78, 5) is 9.56. The predicted molar refractivity (Wildman–Crippen MR) is 25.9 cm³/mol. The Morgan fingerprint density at radius 1 is 1.08 bits per heavy atom. The number of hydrogen-bond acceptors (Lipinski definition) is 1. The van der Waals surface area contributed by atoms with Crippen LogP contribution in [0.1, 0.15) is 12.8 Å². The van der Waals surface area contributed by atoms with E-state index in [9.17, 15) is 31.9 Å². The van der Waals surface area contributed by atoms with Crippen molar-refractivity contribution in [3.8, 4) is 0 Å². The molecule has 0 aliphatic heterocycles. The van der Waals surface area contributed by atoms with Crippen molar-refractivity contribution >= 4 is 5.97 Å². The van der Waals surface area contributed by atoms with Crippen LogP contribution < -0.4 is 0 Å². The third kappa shape index (κ3) is 3.02. The van der Waals surface area contributed by atoms with E-state index >= 15 is 0 Å². The third-order valence-corrected chi connectivity index (χ3v) is 1.06. The Labute approximate surface area is 64.0 Å². The van der Waals surface area contributed by atoms with Gasteiger partial charge in [0, 0.05) is 6.42 Å². The van der Waals surface area contributed by atoms with E-state index in [2.05, 4.69) is 0 Å². The Hall–Kier alpha value is -0.880. The van der Waals surface area contributed by atoms with Gasteiger partial charge < -0.3 is 0 Å². The lowest BCUT2D eigenvalue weighted by Gasteiger charge is -2.17. The average Bonchev–Trinajstić information content (AvgIpc) is 1.81. The van der Waals surface area contributed by atoms with Crippen LogP contribution in [-0.2, 0) is 9.90 Å². The van der Waals surface area contributed by atoms with Gasteiger partial charge in [0.15, 0.2) is 0 Å². The summed E-state index contributed by atoms with van der Waals surface area (Å²) < 4.78 is 57.7. The van der Waals surface area contributed by atoms with Crippen molar-refractivity contribution in [3.05, 3.63) is 0 Å². The van der Waals surface area contributed by atoms with Crippen LogP contribution >= 0.6 is 0 Å². The number of rotatable bonds is 3. The van der Waals surface area contributed by atoms with Gasteiger partial charge in [-0.15, -0.1) is 0 Å². The summed E-state index contributed by atoms with van der Waals surface area (Å²) >= 11 is 0. The van der Waals surface area contributed by atoms with Gasteiger partial charge in [0.2, 0.25) is 0 Å². The molecule has 0 saturated heterocycles. The highest BCUT2D eigenvalue weighted by atomic mass is 19.4. The summed E-state index contributed by atoms with van der Waals surface area (Å²) in [7, 11) is 0. The second-order valence-electron chi connectivity index (χ2n) is 2.07. The maximum atomic E-state index is 11.9. The number of hydrogen-bond donors (Lipinski definition) is 0. The van der Waals surface area contributed by atoms with Gasteiger partial charge in [-0.1, -0.05) is 0 Å². The summed E-state index contributed by atoms with van der Waals surface area (Å²) in [6.07, 6.45) is -8.78. The van der Waals surface area contributed by atoms with Crippen LogP contribution in [-0.4, -0.2) is 18.1 Å². The Bertz CT molecular complexity index is 173. The smallest absolute Gasteiger partial charge is 0.247 e. The molecular formula is C5H4F5O2. The molecule has 71 valence electrons. The van der Waals surface area contributed by atoms with Gasteiger partial charge in [-0.2, -0.15) is 22.0 Å². The molecule has 12 heavy (non-hydrogen) atoms. The Kier molecular flexibility index (Phi) is 3.00. The van der Waals surface area contributed by atoms with E-state index in [1.165, 1.54) is 0 Å². The van der Waals surface area contributed by atoms with E-state index in [1.54, 1.807) is 0 Å². The molecule has 0 spiro atoms. The minimum absolute atomic E-state index is 1.31. The zero-order valence-corrected chi connectivity index (χ0v) is 5.62. The van der Waals surface area contributed by atoms with E-state index in [4.69, 9.17) is 0 Å². The van der Waals surface area contributed by atoms with Gasteiger partial charge in [0.05, 0.1) is 6.42 Å². The molecule has 0 saturated carbocycles.